The number of nitrogens with one attached hydrogen (secondary N) is 1. The number of hydrogen-bond acceptors (Lipinski definition) is 5. The Balaban J connectivity index is 1.68. The van der Waals surface area contributed by atoms with E-state index in [0.29, 0.717) is 18.0 Å². The summed E-state index contributed by atoms with van der Waals surface area (Å²) in [6.07, 6.45) is 1.23. The molecular formula is C17H18N2O3S. The van der Waals surface area contributed by atoms with Gasteiger partial charge < -0.3 is 4.74 Å². The number of fused-ring (bicyclic) bond motifs is 3. The average molecular weight is 330 g/mol. The summed E-state index contributed by atoms with van der Waals surface area (Å²) in [7, 11) is 0. The zero-order chi connectivity index (χ0) is 16.5. The summed E-state index contributed by atoms with van der Waals surface area (Å²) < 4.78 is 6.61. The molecule has 1 aromatic carbocycles. The van der Waals surface area contributed by atoms with Crippen molar-refractivity contribution in [1.82, 2.24) is 4.98 Å². The molecule has 1 amide bonds. The van der Waals surface area contributed by atoms with Gasteiger partial charge in [-0.15, -0.1) is 0 Å². The Morgan fingerprint density at radius 1 is 1.26 bits per heavy atom. The van der Waals surface area contributed by atoms with Crippen molar-refractivity contribution in [3.05, 3.63) is 24.3 Å². The van der Waals surface area contributed by atoms with Gasteiger partial charge in [0.1, 0.15) is 0 Å². The molecule has 1 aromatic heterocycles. The summed E-state index contributed by atoms with van der Waals surface area (Å²) in [5, 5.41) is 3.42. The van der Waals surface area contributed by atoms with Crippen LogP contribution in [0.4, 0.5) is 5.13 Å². The van der Waals surface area contributed by atoms with Crippen molar-refractivity contribution in [3.63, 3.8) is 0 Å². The topological polar surface area (TPSA) is 68.3 Å². The average Bonchev–Trinajstić information content (AvgIpc) is 3.04. The third-order valence-corrected chi connectivity index (χ3v) is 6.92. The van der Waals surface area contributed by atoms with Gasteiger partial charge in [-0.05, 0) is 31.9 Å². The van der Waals surface area contributed by atoms with Crippen LogP contribution in [0.1, 0.15) is 33.6 Å². The summed E-state index contributed by atoms with van der Waals surface area (Å²) in [6, 6.07) is 7.73. The van der Waals surface area contributed by atoms with Crippen molar-refractivity contribution in [2.75, 3.05) is 5.32 Å². The fourth-order valence-electron chi connectivity index (χ4n) is 3.87. The van der Waals surface area contributed by atoms with Crippen LogP contribution >= 0.6 is 11.3 Å². The van der Waals surface area contributed by atoms with Crippen LogP contribution in [0.25, 0.3) is 10.2 Å². The number of ether oxygens (including phenoxy) is 1. The van der Waals surface area contributed by atoms with Gasteiger partial charge in [-0.2, -0.15) is 0 Å². The Morgan fingerprint density at radius 3 is 2.61 bits per heavy atom. The fourth-order valence-corrected chi connectivity index (χ4v) is 4.73. The minimum atomic E-state index is -1.10. The molecule has 2 bridgehead atoms. The van der Waals surface area contributed by atoms with Gasteiger partial charge in [0.15, 0.2) is 10.7 Å². The number of carbonyl (C=O) groups is 2. The minimum absolute atomic E-state index is 0.267. The number of nitrogens with zero attached hydrogens (tertiary/aromatic N) is 1. The Kier molecular flexibility index (Phi) is 2.75. The fraction of sp³-hybridized carbons (Fsp3) is 0.471. The highest BCUT2D eigenvalue weighted by atomic mass is 32.1. The van der Waals surface area contributed by atoms with E-state index < -0.39 is 16.4 Å². The van der Waals surface area contributed by atoms with E-state index in [1.165, 1.54) is 11.3 Å². The van der Waals surface area contributed by atoms with E-state index in [4.69, 9.17) is 4.74 Å². The second kappa shape index (κ2) is 4.32. The van der Waals surface area contributed by atoms with Crippen molar-refractivity contribution < 1.29 is 14.3 Å². The summed E-state index contributed by atoms with van der Waals surface area (Å²) in [5.74, 6) is -0.538. The van der Waals surface area contributed by atoms with E-state index in [2.05, 4.69) is 10.3 Å². The molecule has 2 aliphatic rings. The molecule has 120 valence electrons. The zero-order valence-corrected chi connectivity index (χ0v) is 14.1. The number of thiazole rings is 1. The molecule has 6 heteroatoms. The van der Waals surface area contributed by atoms with Crippen molar-refractivity contribution in [2.24, 2.45) is 10.8 Å². The smallest absolute Gasteiger partial charge is 0.313 e. The molecule has 5 nitrogen and oxygen atoms in total. The summed E-state index contributed by atoms with van der Waals surface area (Å²) in [5.41, 5.74) is -1.39. The molecule has 23 heavy (non-hydrogen) atoms. The number of rotatable bonds is 2. The van der Waals surface area contributed by atoms with Gasteiger partial charge in [0.2, 0.25) is 0 Å². The van der Waals surface area contributed by atoms with E-state index >= 15 is 0 Å². The van der Waals surface area contributed by atoms with E-state index in [0.717, 1.165) is 10.2 Å². The first-order chi connectivity index (χ1) is 10.8. The van der Waals surface area contributed by atoms with E-state index in [1.54, 1.807) is 0 Å². The molecule has 2 aromatic rings. The van der Waals surface area contributed by atoms with Crippen molar-refractivity contribution in [2.45, 2.75) is 39.2 Å². The summed E-state index contributed by atoms with van der Waals surface area (Å²) in [4.78, 5) is 29.6. The highest BCUT2D eigenvalue weighted by Gasteiger charge is 2.75. The standard InChI is InChI=1S/C17H18N2O3S/c1-15(2)16(3)8-9-17(15,22-13(16)21)12(20)19-14-18-10-6-4-5-7-11(10)23-14/h4-7H,8-9H2,1-3H3,(H,18,19,20)/t16-,17-/m1/s1. The molecule has 0 unspecified atom stereocenters. The molecule has 2 heterocycles. The summed E-state index contributed by atoms with van der Waals surface area (Å²) in [6.45, 7) is 5.79. The number of benzene rings is 1. The maximum atomic E-state index is 13.0. The lowest BCUT2D eigenvalue weighted by molar-refractivity contribution is -0.165. The highest BCUT2D eigenvalue weighted by Crippen LogP contribution is 2.65. The van der Waals surface area contributed by atoms with Crippen LogP contribution in [0.3, 0.4) is 0 Å². The molecule has 2 fully saturated rings. The van der Waals surface area contributed by atoms with Gasteiger partial charge in [0.05, 0.1) is 15.6 Å². The number of hydrogen-bond donors (Lipinski definition) is 1. The van der Waals surface area contributed by atoms with Crippen LogP contribution in [0.15, 0.2) is 24.3 Å². The van der Waals surface area contributed by atoms with Crippen LogP contribution in [-0.2, 0) is 14.3 Å². The largest absolute Gasteiger partial charge is 0.448 e. The van der Waals surface area contributed by atoms with E-state index in [-0.39, 0.29) is 11.9 Å². The Bertz CT molecular complexity index is 810. The van der Waals surface area contributed by atoms with Gasteiger partial charge >= 0.3 is 5.97 Å². The molecule has 1 aliphatic heterocycles. The quantitative estimate of drug-likeness (QED) is 0.857. The Morgan fingerprint density at radius 2 is 2.00 bits per heavy atom. The maximum absolute atomic E-state index is 13.0. The number of aromatic nitrogens is 1. The third-order valence-electron chi connectivity index (χ3n) is 5.96. The Hall–Kier alpha value is -1.95. The van der Waals surface area contributed by atoms with Gasteiger partial charge in [-0.1, -0.05) is 37.3 Å². The number of amides is 1. The molecule has 4 rings (SSSR count). The van der Waals surface area contributed by atoms with Gasteiger partial charge in [0.25, 0.3) is 5.91 Å². The number of anilines is 1. The van der Waals surface area contributed by atoms with Gasteiger partial charge in [-0.25, -0.2) is 4.98 Å². The molecule has 1 N–H and O–H groups in total. The molecule has 0 spiro atoms. The van der Waals surface area contributed by atoms with Crippen LogP contribution in [0.5, 0.6) is 0 Å². The van der Waals surface area contributed by atoms with Crippen molar-refractivity contribution in [3.8, 4) is 0 Å². The first kappa shape index (κ1) is 14.6. The first-order valence-electron chi connectivity index (χ1n) is 7.71. The minimum Gasteiger partial charge on any atom is -0.448 e. The molecular weight excluding hydrogens is 312 g/mol. The predicted molar refractivity (Wildman–Crippen MR) is 88.2 cm³/mol. The monoisotopic (exact) mass is 330 g/mol. The molecule has 1 saturated heterocycles. The maximum Gasteiger partial charge on any atom is 0.313 e. The second-order valence-corrected chi connectivity index (χ2v) is 8.15. The second-order valence-electron chi connectivity index (χ2n) is 7.11. The van der Waals surface area contributed by atoms with Crippen LogP contribution in [0.2, 0.25) is 0 Å². The highest BCUT2D eigenvalue weighted by molar-refractivity contribution is 7.22. The first-order valence-corrected chi connectivity index (χ1v) is 8.52. The lowest BCUT2D eigenvalue weighted by atomic mass is 9.66. The molecule has 1 saturated carbocycles. The number of esters is 1. The third kappa shape index (κ3) is 1.64. The molecule has 2 atom stereocenters. The van der Waals surface area contributed by atoms with Crippen molar-refractivity contribution in [1.29, 1.82) is 0 Å². The van der Waals surface area contributed by atoms with E-state index in [9.17, 15) is 9.59 Å². The van der Waals surface area contributed by atoms with E-state index in [1.807, 2.05) is 45.0 Å². The molecule has 1 aliphatic carbocycles. The normalized spacial score (nSPS) is 31.3. The van der Waals surface area contributed by atoms with Crippen LogP contribution in [-0.4, -0.2) is 22.5 Å². The zero-order valence-electron chi connectivity index (χ0n) is 13.3. The predicted octanol–water partition coefficient (Wildman–Crippen LogP) is 3.36. The number of para-hydroxylation sites is 1. The summed E-state index contributed by atoms with van der Waals surface area (Å²) >= 11 is 1.42. The van der Waals surface area contributed by atoms with Crippen molar-refractivity contribution >= 4 is 38.6 Å². The Labute approximate surface area is 138 Å². The molecule has 0 radical (unpaired) electrons. The van der Waals surface area contributed by atoms with Crippen LogP contribution < -0.4 is 5.32 Å². The van der Waals surface area contributed by atoms with Gasteiger partial charge in [0, 0.05) is 5.41 Å². The SMILES string of the molecule is CC1(C)[C@]2(C)CC[C@]1(C(=O)Nc1nc3ccccc3s1)OC2=O. The van der Waals surface area contributed by atoms with Gasteiger partial charge in [-0.3, -0.25) is 14.9 Å². The lowest BCUT2D eigenvalue weighted by Crippen LogP contribution is -2.50. The lowest BCUT2D eigenvalue weighted by Gasteiger charge is -2.35. The number of carbonyl (C=O) groups excluding carboxylic acids is 2. The van der Waals surface area contributed by atoms with Crippen LogP contribution in [0, 0.1) is 10.8 Å².